The normalized spacial score (nSPS) is 21.5. The van der Waals surface area contributed by atoms with Gasteiger partial charge in [-0.15, -0.1) is 0 Å². The fourth-order valence-electron chi connectivity index (χ4n) is 3.43. The Morgan fingerprint density at radius 1 is 1.14 bits per heavy atom. The van der Waals surface area contributed by atoms with Gasteiger partial charge < -0.3 is 4.74 Å². The summed E-state index contributed by atoms with van der Waals surface area (Å²) in [5, 5.41) is -1.57. The van der Waals surface area contributed by atoms with E-state index in [0.29, 0.717) is 17.9 Å². The van der Waals surface area contributed by atoms with Crippen LogP contribution in [0.25, 0.3) is 4.85 Å². The molecule has 1 aliphatic carbocycles. The Bertz CT molecular complexity index is 995. The topological polar surface area (TPSA) is 47.7 Å². The minimum absolute atomic E-state index is 0.0232. The van der Waals surface area contributed by atoms with Gasteiger partial charge in [0.2, 0.25) is 0 Å². The molecule has 1 fully saturated rings. The number of sulfone groups is 1. The molecule has 3 rings (SSSR count). The van der Waals surface area contributed by atoms with Crippen LogP contribution in [0.15, 0.2) is 53.4 Å². The molecule has 4 nitrogen and oxygen atoms in total. The minimum Gasteiger partial charge on any atom is -0.494 e. The summed E-state index contributed by atoms with van der Waals surface area (Å²) >= 11 is 0. The van der Waals surface area contributed by atoms with Crippen molar-refractivity contribution in [2.45, 2.75) is 48.3 Å². The molecule has 2 atom stereocenters. The van der Waals surface area contributed by atoms with Crippen molar-refractivity contribution in [1.82, 2.24) is 0 Å². The van der Waals surface area contributed by atoms with Gasteiger partial charge in [0.1, 0.15) is 5.75 Å². The first kappa shape index (κ1) is 20.3. The van der Waals surface area contributed by atoms with E-state index in [1.54, 1.807) is 24.3 Å². The molecule has 0 aromatic heterocycles. The summed E-state index contributed by atoms with van der Waals surface area (Å²) < 4.78 is 59.9. The van der Waals surface area contributed by atoms with E-state index in [4.69, 9.17) is 11.3 Å². The number of nitrogens with zero attached hydrogens (tertiary/aromatic N) is 1. The second-order valence-electron chi connectivity index (χ2n) is 7.07. The van der Waals surface area contributed by atoms with Gasteiger partial charge in [-0.3, -0.25) is 4.85 Å². The molecule has 0 amide bonds. The summed E-state index contributed by atoms with van der Waals surface area (Å²) in [4.78, 5) is 3.20. The highest BCUT2D eigenvalue weighted by Crippen LogP contribution is 2.64. The number of hydrogen-bond donors (Lipinski definition) is 0. The Morgan fingerprint density at radius 3 is 2.18 bits per heavy atom. The van der Waals surface area contributed by atoms with Gasteiger partial charge in [-0.1, -0.05) is 29.8 Å². The van der Waals surface area contributed by atoms with Gasteiger partial charge in [-0.05, 0) is 43.7 Å². The maximum atomic E-state index is 14.4. The van der Waals surface area contributed by atoms with E-state index in [0.717, 1.165) is 5.56 Å². The van der Waals surface area contributed by atoms with Crippen molar-refractivity contribution < 1.29 is 21.9 Å². The van der Waals surface area contributed by atoms with Gasteiger partial charge in [0.05, 0.1) is 23.3 Å². The van der Waals surface area contributed by atoms with Crippen molar-refractivity contribution in [3.05, 3.63) is 71.1 Å². The zero-order valence-corrected chi connectivity index (χ0v) is 16.5. The first-order chi connectivity index (χ1) is 13.2. The van der Waals surface area contributed by atoms with Gasteiger partial charge in [-0.2, -0.15) is 0 Å². The molecule has 0 bridgehead atoms. The van der Waals surface area contributed by atoms with Crippen LogP contribution in [-0.2, 0) is 15.3 Å². The van der Waals surface area contributed by atoms with Crippen molar-refractivity contribution in [2.24, 2.45) is 0 Å². The summed E-state index contributed by atoms with van der Waals surface area (Å²) in [5.41, 5.74) is -0.448. The lowest BCUT2D eigenvalue weighted by molar-refractivity contribution is 0.0856. The third-order valence-corrected chi connectivity index (χ3v) is 7.11. The molecule has 0 spiro atoms. The fraction of sp³-hybridized carbons (Fsp3) is 0.381. The van der Waals surface area contributed by atoms with Crippen molar-refractivity contribution in [3.8, 4) is 5.75 Å². The van der Waals surface area contributed by atoms with E-state index in [9.17, 15) is 17.2 Å². The van der Waals surface area contributed by atoms with Crippen LogP contribution in [0.3, 0.4) is 0 Å². The average Bonchev–Trinajstić information content (AvgIpc) is 3.22. The van der Waals surface area contributed by atoms with E-state index in [2.05, 4.69) is 4.85 Å². The van der Waals surface area contributed by atoms with E-state index < -0.39 is 39.4 Å². The monoisotopic (exact) mass is 405 g/mol. The number of hydrogen-bond acceptors (Lipinski definition) is 3. The number of rotatable bonds is 7. The molecular formula is C21H21F2NO3S. The Morgan fingerprint density at radius 2 is 1.71 bits per heavy atom. The van der Waals surface area contributed by atoms with Crippen LogP contribution in [0.4, 0.5) is 8.78 Å². The zero-order valence-electron chi connectivity index (χ0n) is 15.7. The maximum absolute atomic E-state index is 14.4. The molecule has 2 aromatic rings. The van der Waals surface area contributed by atoms with E-state index in [-0.39, 0.29) is 4.90 Å². The van der Waals surface area contributed by atoms with Gasteiger partial charge in [0, 0.05) is 6.42 Å². The first-order valence-corrected chi connectivity index (χ1v) is 10.5. The van der Waals surface area contributed by atoms with E-state index in [1.807, 2.05) is 13.8 Å². The lowest BCUT2D eigenvalue weighted by Gasteiger charge is -2.18. The van der Waals surface area contributed by atoms with Crippen LogP contribution in [-0.4, -0.2) is 26.3 Å². The predicted molar refractivity (Wildman–Crippen MR) is 102 cm³/mol. The molecule has 148 valence electrons. The largest absolute Gasteiger partial charge is 0.494 e. The summed E-state index contributed by atoms with van der Waals surface area (Å²) in [7, 11) is -4.05. The van der Waals surface area contributed by atoms with Crippen LogP contribution in [0.2, 0.25) is 0 Å². The molecule has 1 aliphatic rings. The van der Waals surface area contributed by atoms with Crippen LogP contribution in [0.5, 0.6) is 5.75 Å². The second-order valence-corrected chi connectivity index (χ2v) is 9.17. The molecule has 0 N–H and O–H groups in total. The van der Waals surface area contributed by atoms with Crippen molar-refractivity contribution in [1.29, 1.82) is 0 Å². The van der Waals surface area contributed by atoms with Crippen molar-refractivity contribution >= 4 is 9.84 Å². The Balaban J connectivity index is 1.93. The van der Waals surface area contributed by atoms with Gasteiger partial charge in [-0.25, -0.2) is 23.8 Å². The Kier molecular flexibility index (Phi) is 5.20. The van der Waals surface area contributed by atoms with Crippen molar-refractivity contribution in [3.63, 3.8) is 0 Å². The number of aryl methyl sites for hydroxylation is 1. The third kappa shape index (κ3) is 3.49. The highest BCUT2D eigenvalue weighted by atomic mass is 32.2. The second kappa shape index (κ2) is 7.17. The third-order valence-electron chi connectivity index (χ3n) is 5.19. The molecule has 0 radical (unpaired) electrons. The summed E-state index contributed by atoms with van der Waals surface area (Å²) in [6.45, 7) is 11.5. The summed E-state index contributed by atoms with van der Waals surface area (Å²) in [6.07, 6.45) is -0.920. The van der Waals surface area contributed by atoms with Crippen LogP contribution >= 0.6 is 0 Å². The molecule has 2 unspecified atom stereocenters. The van der Waals surface area contributed by atoms with Gasteiger partial charge in [0.25, 0.3) is 15.8 Å². The number of alkyl halides is 2. The van der Waals surface area contributed by atoms with Crippen LogP contribution < -0.4 is 4.74 Å². The smallest absolute Gasteiger partial charge is 0.326 e. The van der Waals surface area contributed by atoms with Crippen molar-refractivity contribution in [2.75, 3.05) is 6.61 Å². The molecule has 1 saturated carbocycles. The van der Waals surface area contributed by atoms with Gasteiger partial charge in [0.15, 0.2) is 0 Å². The zero-order chi connectivity index (χ0) is 20.6. The average molecular weight is 405 g/mol. The van der Waals surface area contributed by atoms with Gasteiger partial charge >= 0.3 is 5.37 Å². The standard InChI is InChI=1S/C21H21F2NO3S/c1-4-27-17-9-7-16(8-10-17)20(14-21(20,22)23)13-19(24-3)28(25,26)18-11-5-15(2)6-12-18/h5-12,19H,4,13-14H2,1-2H3. The fourth-order valence-corrected chi connectivity index (χ4v) is 4.90. The lowest BCUT2D eigenvalue weighted by atomic mass is 9.91. The van der Waals surface area contributed by atoms with Crippen LogP contribution in [0.1, 0.15) is 30.9 Å². The Labute approximate surface area is 163 Å². The predicted octanol–water partition coefficient (Wildman–Crippen LogP) is 4.78. The van der Waals surface area contributed by atoms with E-state index >= 15 is 0 Å². The molecular weight excluding hydrogens is 384 g/mol. The maximum Gasteiger partial charge on any atom is 0.326 e. The SMILES string of the molecule is [C-]#[N+]C(CC1(c2ccc(OCC)cc2)CC1(F)F)S(=O)(=O)c1ccc(C)cc1. The number of halogens is 2. The minimum atomic E-state index is -4.05. The molecule has 0 saturated heterocycles. The molecule has 28 heavy (non-hydrogen) atoms. The molecule has 0 heterocycles. The molecule has 7 heteroatoms. The number of ether oxygens (including phenoxy) is 1. The summed E-state index contributed by atoms with van der Waals surface area (Å²) in [6, 6.07) is 12.3. The molecule has 0 aliphatic heterocycles. The van der Waals surface area contributed by atoms with E-state index in [1.165, 1.54) is 24.3 Å². The highest BCUT2D eigenvalue weighted by Gasteiger charge is 2.73. The Hall–Kier alpha value is -2.46. The number of benzene rings is 2. The van der Waals surface area contributed by atoms with Crippen LogP contribution in [0, 0.1) is 13.5 Å². The first-order valence-electron chi connectivity index (χ1n) is 8.94. The highest BCUT2D eigenvalue weighted by molar-refractivity contribution is 7.92. The quantitative estimate of drug-likeness (QED) is 0.623. The lowest BCUT2D eigenvalue weighted by Crippen LogP contribution is -2.27. The summed E-state index contributed by atoms with van der Waals surface area (Å²) in [5.74, 6) is -2.49. The molecule has 2 aromatic carbocycles.